The summed E-state index contributed by atoms with van der Waals surface area (Å²) in [6, 6.07) is 14.0. The van der Waals surface area contributed by atoms with Gasteiger partial charge in [0.2, 0.25) is 0 Å². The van der Waals surface area contributed by atoms with Crippen molar-refractivity contribution in [3.05, 3.63) is 83.4 Å². The molecule has 1 heterocycles. The number of aromatic nitrogens is 1. The lowest BCUT2D eigenvalue weighted by atomic mass is 10.3. The average molecular weight is 406 g/mol. The zero-order chi connectivity index (χ0) is 19.4. The summed E-state index contributed by atoms with van der Waals surface area (Å²) in [5.41, 5.74) is 0.785. The lowest BCUT2D eigenvalue weighted by Crippen LogP contribution is -2.15. The first-order valence-electron chi connectivity index (χ1n) is 7.65. The van der Waals surface area contributed by atoms with Crippen LogP contribution in [0.4, 0.5) is 15.8 Å². The predicted octanol–water partition coefficient (Wildman–Crippen LogP) is 3.93. The molecule has 0 fully saturated rings. The Labute approximate surface area is 160 Å². The summed E-state index contributed by atoms with van der Waals surface area (Å²) in [4.78, 5) is 16.0. The Hall–Kier alpha value is -2.97. The number of nitrogens with one attached hydrogen (secondary N) is 2. The van der Waals surface area contributed by atoms with Crippen molar-refractivity contribution in [1.82, 2.24) is 4.98 Å². The number of benzene rings is 2. The van der Waals surface area contributed by atoms with E-state index < -0.39 is 21.7 Å². The van der Waals surface area contributed by atoms with Crippen LogP contribution in [0.5, 0.6) is 0 Å². The van der Waals surface area contributed by atoms with Crippen LogP contribution in [0.3, 0.4) is 0 Å². The number of carbonyl (C=O) groups excluding carboxylic acids is 1. The second kappa shape index (κ2) is 7.73. The molecular formula is C18H13ClFN3O3S. The molecule has 1 amide bonds. The highest BCUT2D eigenvalue weighted by Crippen LogP contribution is 2.23. The van der Waals surface area contributed by atoms with Gasteiger partial charge in [0, 0.05) is 11.9 Å². The van der Waals surface area contributed by atoms with E-state index in [1.54, 1.807) is 18.2 Å². The summed E-state index contributed by atoms with van der Waals surface area (Å²) < 4.78 is 40.3. The van der Waals surface area contributed by atoms with E-state index in [0.29, 0.717) is 5.69 Å². The first-order chi connectivity index (χ1) is 12.8. The van der Waals surface area contributed by atoms with Gasteiger partial charge >= 0.3 is 0 Å². The Kier molecular flexibility index (Phi) is 5.38. The summed E-state index contributed by atoms with van der Waals surface area (Å²) in [6.07, 6.45) is 1.50. The SMILES string of the molecule is O=C(Nc1ccc(S(=O)(=O)Nc2ccc(F)c(Cl)c2)cc1)c1ccccn1. The van der Waals surface area contributed by atoms with E-state index in [9.17, 15) is 17.6 Å². The maximum atomic E-state index is 13.2. The standard InChI is InChI=1S/C18H13ClFN3O3S/c19-15-11-13(6-9-16(15)20)23-27(25,26)14-7-4-12(5-8-14)22-18(24)17-3-1-2-10-21-17/h1-11,23H,(H,22,24). The number of nitrogens with zero attached hydrogens (tertiary/aromatic N) is 1. The van der Waals surface area contributed by atoms with Gasteiger partial charge in [0.1, 0.15) is 11.5 Å². The van der Waals surface area contributed by atoms with Gasteiger partial charge in [0.15, 0.2) is 0 Å². The van der Waals surface area contributed by atoms with Crippen LogP contribution in [0.1, 0.15) is 10.5 Å². The Morgan fingerprint density at radius 2 is 1.70 bits per heavy atom. The molecule has 0 saturated heterocycles. The minimum absolute atomic E-state index is 0.0289. The number of hydrogen-bond acceptors (Lipinski definition) is 4. The highest BCUT2D eigenvalue weighted by molar-refractivity contribution is 7.92. The maximum Gasteiger partial charge on any atom is 0.274 e. The minimum Gasteiger partial charge on any atom is -0.321 e. The van der Waals surface area contributed by atoms with Crippen molar-refractivity contribution in [3.63, 3.8) is 0 Å². The highest BCUT2D eigenvalue weighted by atomic mass is 35.5. The molecule has 0 radical (unpaired) electrons. The number of anilines is 2. The lowest BCUT2D eigenvalue weighted by Gasteiger charge is -2.10. The first kappa shape index (κ1) is 18.8. The number of halogens is 2. The molecule has 0 aliphatic heterocycles. The number of rotatable bonds is 5. The molecule has 1 aromatic heterocycles. The van der Waals surface area contributed by atoms with E-state index in [4.69, 9.17) is 11.6 Å². The van der Waals surface area contributed by atoms with Crippen LogP contribution in [0.2, 0.25) is 5.02 Å². The van der Waals surface area contributed by atoms with E-state index in [-0.39, 0.29) is 21.3 Å². The van der Waals surface area contributed by atoms with Gasteiger partial charge in [-0.2, -0.15) is 0 Å². The lowest BCUT2D eigenvalue weighted by molar-refractivity contribution is 0.102. The third-order valence-corrected chi connectivity index (χ3v) is 5.18. The van der Waals surface area contributed by atoms with Crippen molar-refractivity contribution >= 4 is 38.9 Å². The molecule has 6 nitrogen and oxygen atoms in total. The van der Waals surface area contributed by atoms with Gasteiger partial charge in [0.05, 0.1) is 15.6 Å². The highest BCUT2D eigenvalue weighted by Gasteiger charge is 2.15. The Bertz CT molecular complexity index is 1070. The van der Waals surface area contributed by atoms with Crippen molar-refractivity contribution in [1.29, 1.82) is 0 Å². The summed E-state index contributed by atoms with van der Waals surface area (Å²) in [5, 5.41) is 2.43. The van der Waals surface area contributed by atoms with E-state index in [1.807, 2.05) is 0 Å². The van der Waals surface area contributed by atoms with Crippen LogP contribution in [-0.2, 0) is 10.0 Å². The van der Waals surface area contributed by atoms with E-state index in [2.05, 4.69) is 15.0 Å². The molecule has 0 unspecified atom stereocenters. The largest absolute Gasteiger partial charge is 0.321 e. The molecule has 0 saturated carbocycles. The summed E-state index contributed by atoms with van der Waals surface area (Å²) >= 11 is 5.65. The number of carbonyl (C=O) groups is 1. The number of amides is 1. The van der Waals surface area contributed by atoms with Crippen LogP contribution in [0.25, 0.3) is 0 Å². The van der Waals surface area contributed by atoms with Crippen molar-refractivity contribution in [3.8, 4) is 0 Å². The van der Waals surface area contributed by atoms with Crippen molar-refractivity contribution < 1.29 is 17.6 Å². The molecule has 0 aliphatic carbocycles. The first-order valence-corrected chi connectivity index (χ1v) is 9.51. The van der Waals surface area contributed by atoms with Crippen molar-refractivity contribution in [2.45, 2.75) is 4.90 Å². The van der Waals surface area contributed by atoms with Gasteiger partial charge in [-0.25, -0.2) is 12.8 Å². The Morgan fingerprint density at radius 3 is 2.33 bits per heavy atom. The van der Waals surface area contributed by atoms with Gasteiger partial charge in [-0.05, 0) is 54.6 Å². The molecule has 3 aromatic rings. The zero-order valence-corrected chi connectivity index (χ0v) is 15.3. The Balaban J connectivity index is 1.73. The normalized spacial score (nSPS) is 11.0. The maximum absolute atomic E-state index is 13.2. The van der Waals surface area contributed by atoms with Crippen LogP contribution >= 0.6 is 11.6 Å². The van der Waals surface area contributed by atoms with Gasteiger partial charge in [-0.15, -0.1) is 0 Å². The van der Waals surface area contributed by atoms with E-state index >= 15 is 0 Å². The van der Waals surface area contributed by atoms with Gasteiger partial charge in [-0.1, -0.05) is 17.7 Å². The topological polar surface area (TPSA) is 88.2 Å². The summed E-state index contributed by atoms with van der Waals surface area (Å²) in [5.74, 6) is -1.06. The predicted molar refractivity (Wildman–Crippen MR) is 101 cm³/mol. The molecule has 3 rings (SSSR count). The fourth-order valence-electron chi connectivity index (χ4n) is 2.18. The van der Waals surface area contributed by atoms with Gasteiger partial charge in [0.25, 0.3) is 15.9 Å². The van der Waals surface area contributed by atoms with Crippen LogP contribution < -0.4 is 10.0 Å². The molecule has 0 atom stereocenters. The third kappa shape index (κ3) is 4.60. The van der Waals surface area contributed by atoms with Crippen LogP contribution in [0, 0.1) is 5.82 Å². The molecule has 0 spiro atoms. The molecule has 9 heteroatoms. The minimum atomic E-state index is -3.90. The zero-order valence-electron chi connectivity index (χ0n) is 13.7. The third-order valence-electron chi connectivity index (χ3n) is 3.49. The molecule has 0 bridgehead atoms. The molecular weight excluding hydrogens is 393 g/mol. The van der Waals surface area contributed by atoms with Crippen molar-refractivity contribution in [2.75, 3.05) is 10.0 Å². The average Bonchev–Trinajstić information content (AvgIpc) is 2.66. The van der Waals surface area contributed by atoms with E-state index in [1.165, 1.54) is 42.6 Å². The summed E-state index contributed by atoms with van der Waals surface area (Å²) in [7, 11) is -3.90. The summed E-state index contributed by atoms with van der Waals surface area (Å²) in [6.45, 7) is 0. The molecule has 0 aliphatic rings. The van der Waals surface area contributed by atoms with Crippen LogP contribution in [-0.4, -0.2) is 19.3 Å². The Morgan fingerprint density at radius 1 is 1.00 bits per heavy atom. The van der Waals surface area contributed by atoms with Crippen LogP contribution in [0.15, 0.2) is 71.8 Å². The molecule has 2 aromatic carbocycles. The molecule has 2 N–H and O–H groups in total. The van der Waals surface area contributed by atoms with E-state index in [0.717, 1.165) is 6.07 Å². The number of hydrogen-bond donors (Lipinski definition) is 2. The van der Waals surface area contributed by atoms with Gasteiger partial charge < -0.3 is 5.32 Å². The van der Waals surface area contributed by atoms with Crippen molar-refractivity contribution in [2.24, 2.45) is 0 Å². The second-order valence-corrected chi connectivity index (χ2v) is 7.52. The molecule has 138 valence electrons. The molecule has 27 heavy (non-hydrogen) atoms. The number of pyridine rings is 1. The van der Waals surface area contributed by atoms with Gasteiger partial charge in [-0.3, -0.25) is 14.5 Å². The number of sulfonamides is 1. The quantitative estimate of drug-likeness (QED) is 0.673. The fraction of sp³-hybridized carbons (Fsp3) is 0. The smallest absolute Gasteiger partial charge is 0.274 e. The monoisotopic (exact) mass is 405 g/mol. The second-order valence-electron chi connectivity index (χ2n) is 5.43. The fourth-order valence-corrected chi connectivity index (χ4v) is 3.41.